The first kappa shape index (κ1) is 14.0. The first-order chi connectivity index (χ1) is 9.60. The van der Waals surface area contributed by atoms with E-state index in [0.29, 0.717) is 17.9 Å². The fraction of sp³-hybridized carbons (Fsp3) is 0.267. The summed E-state index contributed by atoms with van der Waals surface area (Å²) < 4.78 is 10.4. The molecule has 1 aromatic heterocycles. The second kappa shape index (κ2) is 6.14. The molecule has 0 amide bonds. The summed E-state index contributed by atoms with van der Waals surface area (Å²) in [6, 6.07) is 8.60. The number of nitrogens with one attached hydrogen (secondary N) is 1. The molecule has 106 valence electrons. The molecule has 1 aromatic carbocycles. The molecule has 1 atom stereocenters. The van der Waals surface area contributed by atoms with Crippen LogP contribution < -0.4 is 10.1 Å². The molecule has 5 nitrogen and oxygen atoms in total. The van der Waals surface area contributed by atoms with Gasteiger partial charge in [0, 0.05) is 18.5 Å². The lowest BCUT2D eigenvalue weighted by molar-refractivity contribution is 0.0698. The molecule has 2 N–H and O–H groups in total. The SMILES string of the molecule is COc1ccc(C(=O)O)c(NC(C)Cc2ccco2)c1. The number of carbonyl (C=O) groups is 1. The van der Waals surface area contributed by atoms with E-state index < -0.39 is 5.97 Å². The number of ether oxygens (including phenoxy) is 1. The van der Waals surface area contributed by atoms with Crippen molar-refractivity contribution in [3.63, 3.8) is 0 Å². The highest BCUT2D eigenvalue weighted by Crippen LogP contribution is 2.24. The molecule has 0 aliphatic rings. The van der Waals surface area contributed by atoms with Crippen LogP contribution in [0.15, 0.2) is 41.0 Å². The van der Waals surface area contributed by atoms with E-state index in [1.54, 1.807) is 25.5 Å². The second-order valence-electron chi connectivity index (χ2n) is 4.55. The van der Waals surface area contributed by atoms with Gasteiger partial charge in [0.05, 0.1) is 24.6 Å². The average Bonchev–Trinajstić information content (AvgIpc) is 2.90. The first-order valence-corrected chi connectivity index (χ1v) is 6.30. The van der Waals surface area contributed by atoms with Gasteiger partial charge in [0.1, 0.15) is 11.5 Å². The Morgan fingerprint density at radius 2 is 2.25 bits per heavy atom. The molecule has 2 rings (SSSR count). The van der Waals surface area contributed by atoms with Crippen LogP contribution >= 0.6 is 0 Å². The minimum Gasteiger partial charge on any atom is -0.497 e. The Kier molecular flexibility index (Phi) is 4.30. The fourth-order valence-corrected chi connectivity index (χ4v) is 2.00. The number of carboxylic acid groups (broad SMARTS) is 1. The summed E-state index contributed by atoms with van der Waals surface area (Å²) >= 11 is 0. The molecule has 1 heterocycles. The lowest BCUT2D eigenvalue weighted by atomic mass is 10.1. The van der Waals surface area contributed by atoms with E-state index >= 15 is 0 Å². The molecule has 1 unspecified atom stereocenters. The lowest BCUT2D eigenvalue weighted by Gasteiger charge is -2.16. The molecule has 5 heteroatoms. The van der Waals surface area contributed by atoms with Crippen LogP contribution in [-0.2, 0) is 6.42 Å². The standard InChI is InChI=1S/C15H17NO4/c1-10(8-12-4-3-7-20-12)16-14-9-11(19-2)5-6-13(14)15(17)18/h3-7,9-10,16H,8H2,1-2H3,(H,17,18). The van der Waals surface area contributed by atoms with Crippen molar-refractivity contribution in [3.8, 4) is 5.75 Å². The zero-order valence-corrected chi connectivity index (χ0v) is 11.4. The third kappa shape index (κ3) is 3.32. The third-order valence-corrected chi connectivity index (χ3v) is 2.95. The molecule has 0 saturated carbocycles. The van der Waals surface area contributed by atoms with Crippen molar-refractivity contribution in [2.45, 2.75) is 19.4 Å². The molecule has 0 radical (unpaired) electrons. The predicted molar refractivity (Wildman–Crippen MR) is 75.5 cm³/mol. The Morgan fingerprint density at radius 1 is 1.45 bits per heavy atom. The molecule has 0 saturated heterocycles. The Bertz CT molecular complexity index is 578. The number of aromatic carboxylic acids is 1. The van der Waals surface area contributed by atoms with E-state index in [2.05, 4.69) is 5.32 Å². The van der Waals surface area contributed by atoms with Crippen LogP contribution in [0, 0.1) is 0 Å². The average molecular weight is 275 g/mol. The molecular weight excluding hydrogens is 258 g/mol. The second-order valence-corrected chi connectivity index (χ2v) is 4.55. The molecule has 0 aliphatic carbocycles. The van der Waals surface area contributed by atoms with Crippen LogP contribution in [0.5, 0.6) is 5.75 Å². The number of rotatable bonds is 6. The number of hydrogen-bond acceptors (Lipinski definition) is 4. The predicted octanol–water partition coefficient (Wildman–Crippen LogP) is 3.03. The summed E-state index contributed by atoms with van der Waals surface area (Å²) in [6.45, 7) is 1.97. The van der Waals surface area contributed by atoms with Crippen LogP contribution in [0.1, 0.15) is 23.0 Å². The summed E-state index contributed by atoms with van der Waals surface area (Å²) in [6.07, 6.45) is 2.29. The van der Waals surface area contributed by atoms with Crippen LogP contribution in [-0.4, -0.2) is 24.2 Å². The van der Waals surface area contributed by atoms with Gasteiger partial charge in [0.15, 0.2) is 0 Å². The van der Waals surface area contributed by atoms with E-state index in [1.807, 2.05) is 19.1 Å². The summed E-state index contributed by atoms with van der Waals surface area (Å²) in [5.41, 5.74) is 0.757. The zero-order valence-electron chi connectivity index (χ0n) is 11.4. The Balaban J connectivity index is 2.16. The number of carboxylic acids is 1. The van der Waals surface area contributed by atoms with Crippen molar-refractivity contribution in [2.24, 2.45) is 0 Å². The molecule has 0 aliphatic heterocycles. The van der Waals surface area contributed by atoms with E-state index in [4.69, 9.17) is 9.15 Å². The summed E-state index contributed by atoms with van der Waals surface area (Å²) in [4.78, 5) is 11.2. The summed E-state index contributed by atoms with van der Waals surface area (Å²) in [5.74, 6) is 0.493. The normalized spacial score (nSPS) is 11.9. The minimum absolute atomic E-state index is 0.0337. The van der Waals surface area contributed by atoms with Gasteiger partial charge in [0.25, 0.3) is 0 Å². The van der Waals surface area contributed by atoms with Gasteiger partial charge in [-0.15, -0.1) is 0 Å². The Morgan fingerprint density at radius 3 is 2.85 bits per heavy atom. The van der Waals surface area contributed by atoms with Crippen LogP contribution in [0.3, 0.4) is 0 Å². The van der Waals surface area contributed by atoms with Gasteiger partial charge >= 0.3 is 5.97 Å². The van der Waals surface area contributed by atoms with Gasteiger partial charge in [-0.2, -0.15) is 0 Å². The maximum atomic E-state index is 11.2. The number of furan rings is 1. The van der Waals surface area contributed by atoms with Crippen molar-refractivity contribution in [1.29, 1.82) is 0 Å². The zero-order chi connectivity index (χ0) is 14.5. The van der Waals surface area contributed by atoms with Crippen LogP contribution in [0.25, 0.3) is 0 Å². The fourth-order valence-electron chi connectivity index (χ4n) is 2.00. The number of methoxy groups -OCH3 is 1. The van der Waals surface area contributed by atoms with Crippen molar-refractivity contribution < 1.29 is 19.1 Å². The van der Waals surface area contributed by atoms with Crippen molar-refractivity contribution >= 4 is 11.7 Å². The Hall–Kier alpha value is -2.43. The minimum atomic E-state index is -0.972. The highest BCUT2D eigenvalue weighted by Gasteiger charge is 2.14. The van der Waals surface area contributed by atoms with E-state index in [9.17, 15) is 9.90 Å². The highest BCUT2D eigenvalue weighted by molar-refractivity contribution is 5.94. The Labute approximate surface area is 117 Å². The maximum absolute atomic E-state index is 11.2. The van der Waals surface area contributed by atoms with Gasteiger partial charge < -0.3 is 19.6 Å². The number of benzene rings is 1. The number of hydrogen-bond donors (Lipinski definition) is 2. The quantitative estimate of drug-likeness (QED) is 0.847. The topological polar surface area (TPSA) is 71.7 Å². The molecule has 0 fully saturated rings. The first-order valence-electron chi connectivity index (χ1n) is 6.30. The van der Waals surface area contributed by atoms with Gasteiger partial charge in [-0.05, 0) is 31.2 Å². The van der Waals surface area contributed by atoms with Crippen LogP contribution in [0.4, 0.5) is 5.69 Å². The molecule has 20 heavy (non-hydrogen) atoms. The van der Waals surface area contributed by atoms with Crippen LogP contribution in [0.2, 0.25) is 0 Å². The number of anilines is 1. The maximum Gasteiger partial charge on any atom is 0.337 e. The van der Waals surface area contributed by atoms with E-state index in [1.165, 1.54) is 6.07 Å². The van der Waals surface area contributed by atoms with Gasteiger partial charge in [-0.25, -0.2) is 4.79 Å². The largest absolute Gasteiger partial charge is 0.497 e. The summed E-state index contributed by atoms with van der Waals surface area (Å²) in [7, 11) is 1.55. The van der Waals surface area contributed by atoms with Gasteiger partial charge in [0.2, 0.25) is 0 Å². The van der Waals surface area contributed by atoms with Crippen molar-refractivity contribution in [3.05, 3.63) is 47.9 Å². The van der Waals surface area contributed by atoms with Crippen molar-refractivity contribution in [1.82, 2.24) is 0 Å². The smallest absolute Gasteiger partial charge is 0.337 e. The molecule has 0 bridgehead atoms. The lowest BCUT2D eigenvalue weighted by Crippen LogP contribution is -2.19. The van der Waals surface area contributed by atoms with Gasteiger partial charge in [-0.3, -0.25) is 0 Å². The van der Waals surface area contributed by atoms with E-state index in [-0.39, 0.29) is 11.6 Å². The van der Waals surface area contributed by atoms with Gasteiger partial charge in [-0.1, -0.05) is 0 Å². The third-order valence-electron chi connectivity index (χ3n) is 2.95. The van der Waals surface area contributed by atoms with Crippen molar-refractivity contribution in [2.75, 3.05) is 12.4 Å². The molecule has 0 spiro atoms. The molecule has 2 aromatic rings. The molecular formula is C15H17NO4. The monoisotopic (exact) mass is 275 g/mol. The van der Waals surface area contributed by atoms with E-state index in [0.717, 1.165) is 5.76 Å². The highest BCUT2D eigenvalue weighted by atomic mass is 16.5. The summed E-state index contributed by atoms with van der Waals surface area (Å²) in [5, 5.41) is 12.4.